The molecule has 1 aliphatic heterocycles. The minimum absolute atomic E-state index is 0.0790. The van der Waals surface area contributed by atoms with Gasteiger partial charge in [0, 0.05) is 19.5 Å². The van der Waals surface area contributed by atoms with Crippen molar-refractivity contribution in [2.45, 2.75) is 32.6 Å². The number of piperidine rings is 1. The van der Waals surface area contributed by atoms with Crippen LogP contribution < -0.4 is 11.1 Å². The highest BCUT2D eigenvalue weighted by atomic mass is 32.2. The van der Waals surface area contributed by atoms with Crippen molar-refractivity contribution in [2.75, 3.05) is 44.2 Å². The van der Waals surface area contributed by atoms with Crippen LogP contribution in [-0.4, -0.2) is 63.5 Å². The predicted molar refractivity (Wildman–Crippen MR) is 84.8 cm³/mol. The molecule has 3 N–H and O–H groups in total. The van der Waals surface area contributed by atoms with E-state index in [1.807, 2.05) is 0 Å². The van der Waals surface area contributed by atoms with Gasteiger partial charge in [-0.15, -0.1) is 0 Å². The van der Waals surface area contributed by atoms with E-state index in [1.54, 1.807) is 0 Å². The molecule has 21 heavy (non-hydrogen) atoms. The third-order valence-electron chi connectivity index (χ3n) is 3.89. The Morgan fingerprint density at radius 1 is 1.24 bits per heavy atom. The summed E-state index contributed by atoms with van der Waals surface area (Å²) < 4.78 is 23.8. The van der Waals surface area contributed by atoms with Crippen molar-refractivity contribution in [3.05, 3.63) is 0 Å². The van der Waals surface area contributed by atoms with Gasteiger partial charge in [-0.05, 0) is 44.8 Å². The molecule has 0 atom stereocenters. The third-order valence-corrected chi connectivity index (χ3v) is 5.52. The summed E-state index contributed by atoms with van der Waals surface area (Å²) in [6.45, 7) is 6.68. The Morgan fingerprint density at radius 3 is 2.48 bits per heavy atom. The molecule has 0 spiro atoms. The van der Waals surface area contributed by atoms with E-state index in [0.717, 1.165) is 45.4 Å². The van der Waals surface area contributed by atoms with Crippen molar-refractivity contribution in [3.63, 3.8) is 0 Å². The molecule has 0 aromatic heterocycles. The fourth-order valence-electron chi connectivity index (χ4n) is 2.67. The smallest absolute Gasteiger partial charge is 0.218 e. The van der Waals surface area contributed by atoms with Crippen molar-refractivity contribution in [1.29, 1.82) is 0 Å². The first-order chi connectivity index (χ1) is 9.93. The van der Waals surface area contributed by atoms with E-state index >= 15 is 0 Å². The number of carbonyl (C=O) groups excluding carboxylic acids is 1. The van der Waals surface area contributed by atoms with E-state index in [4.69, 9.17) is 5.73 Å². The van der Waals surface area contributed by atoms with Gasteiger partial charge in [0.2, 0.25) is 5.91 Å². The molecule has 1 saturated heterocycles. The predicted octanol–water partition coefficient (Wildman–Crippen LogP) is -0.0118. The summed E-state index contributed by atoms with van der Waals surface area (Å²) in [6, 6.07) is 0. The second-order valence-corrected chi connectivity index (χ2v) is 8.17. The number of nitrogens with two attached hydrogens (primary N) is 1. The van der Waals surface area contributed by atoms with Crippen molar-refractivity contribution < 1.29 is 13.2 Å². The zero-order valence-electron chi connectivity index (χ0n) is 13.0. The molecule has 0 aliphatic carbocycles. The lowest BCUT2D eigenvalue weighted by molar-refractivity contribution is -0.117. The first-order valence-corrected chi connectivity index (χ1v) is 9.67. The fourth-order valence-corrected chi connectivity index (χ4v) is 3.92. The Hall–Kier alpha value is -0.660. The van der Waals surface area contributed by atoms with Gasteiger partial charge in [0.1, 0.15) is 0 Å². The van der Waals surface area contributed by atoms with Crippen LogP contribution in [0.1, 0.15) is 32.6 Å². The highest BCUT2D eigenvalue weighted by molar-refractivity contribution is 7.91. The van der Waals surface area contributed by atoms with Crippen LogP contribution in [0.4, 0.5) is 0 Å². The van der Waals surface area contributed by atoms with Crippen molar-refractivity contribution in [1.82, 2.24) is 10.2 Å². The van der Waals surface area contributed by atoms with Gasteiger partial charge in [0.25, 0.3) is 0 Å². The average Bonchev–Trinajstić information content (AvgIpc) is 2.44. The number of rotatable bonds is 10. The van der Waals surface area contributed by atoms with Gasteiger partial charge in [-0.1, -0.05) is 6.92 Å². The normalized spacial score (nSPS) is 17.2. The van der Waals surface area contributed by atoms with Crippen LogP contribution in [0.2, 0.25) is 0 Å². The largest absolute Gasteiger partial charge is 0.370 e. The average molecular weight is 319 g/mol. The monoisotopic (exact) mass is 319 g/mol. The van der Waals surface area contributed by atoms with Gasteiger partial charge < -0.3 is 16.0 Å². The fraction of sp³-hybridized carbons (Fsp3) is 0.929. The molecular weight excluding hydrogens is 290 g/mol. The van der Waals surface area contributed by atoms with Crippen LogP contribution >= 0.6 is 0 Å². The van der Waals surface area contributed by atoms with E-state index in [0.29, 0.717) is 12.5 Å². The number of primary amides is 1. The Kier molecular flexibility index (Phi) is 8.21. The van der Waals surface area contributed by atoms with E-state index in [-0.39, 0.29) is 17.9 Å². The van der Waals surface area contributed by atoms with Crippen molar-refractivity contribution in [3.8, 4) is 0 Å². The van der Waals surface area contributed by atoms with Crippen molar-refractivity contribution >= 4 is 15.7 Å². The molecule has 0 saturated carbocycles. The highest BCUT2D eigenvalue weighted by Gasteiger charge is 2.19. The SMILES string of the molecule is CCCN(CCS(=O)(=O)CCC(N)=O)CC1CCNCC1. The van der Waals surface area contributed by atoms with Crippen LogP contribution in [-0.2, 0) is 14.6 Å². The van der Waals surface area contributed by atoms with Crippen molar-refractivity contribution in [2.24, 2.45) is 11.7 Å². The van der Waals surface area contributed by atoms with Crippen LogP contribution in [0, 0.1) is 5.92 Å². The number of amides is 1. The molecule has 1 heterocycles. The maximum absolute atomic E-state index is 11.9. The van der Waals surface area contributed by atoms with Gasteiger partial charge in [-0.2, -0.15) is 0 Å². The summed E-state index contributed by atoms with van der Waals surface area (Å²) in [5.74, 6) is 0.0887. The lowest BCUT2D eigenvalue weighted by Crippen LogP contribution is -2.38. The summed E-state index contributed by atoms with van der Waals surface area (Å²) >= 11 is 0. The molecule has 0 unspecified atom stereocenters. The number of sulfone groups is 1. The van der Waals surface area contributed by atoms with Crippen LogP contribution in [0.5, 0.6) is 0 Å². The lowest BCUT2D eigenvalue weighted by Gasteiger charge is -2.29. The zero-order chi connectivity index (χ0) is 15.7. The number of nitrogens with zero attached hydrogens (tertiary/aromatic N) is 1. The molecule has 1 amide bonds. The molecule has 0 radical (unpaired) electrons. The molecule has 0 bridgehead atoms. The Morgan fingerprint density at radius 2 is 1.90 bits per heavy atom. The van der Waals surface area contributed by atoms with E-state index in [9.17, 15) is 13.2 Å². The van der Waals surface area contributed by atoms with Gasteiger partial charge in [0.05, 0.1) is 11.5 Å². The second kappa shape index (κ2) is 9.38. The zero-order valence-corrected chi connectivity index (χ0v) is 13.8. The maximum Gasteiger partial charge on any atom is 0.218 e. The summed E-state index contributed by atoms with van der Waals surface area (Å²) in [6.07, 6.45) is 3.26. The minimum Gasteiger partial charge on any atom is -0.370 e. The minimum atomic E-state index is -3.19. The summed E-state index contributed by atoms with van der Waals surface area (Å²) in [5, 5.41) is 3.35. The first-order valence-electron chi connectivity index (χ1n) is 7.84. The quantitative estimate of drug-likeness (QED) is 0.591. The molecular formula is C14H29N3O3S. The molecule has 6 nitrogen and oxygen atoms in total. The van der Waals surface area contributed by atoms with E-state index in [2.05, 4.69) is 17.1 Å². The summed E-state index contributed by atoms with van der Waals surface area (Å²) in [4.78, 5) is 12.9. The van der Waals surface area contributed by atoms with E-state index in [1.165, 1.54) is 0 Å². The molecule has 1 fully saturated rings. The third kappa shape index (κ3) is 8.38. The molecule has 1 rings (SSSR count). The van der Waals surface area contributed by atoms with Gasteiger partial charge in [-0.3, -0.25) is 4.79 Å². The Balaban J connectivity index is 2.40. The summed E-state index contributed by atoms with van der Waals surface area (Å²) in [7, 11) is -3.19. The summed E-state index contributed by atoms with van der Waals surface area (Å²) in [5.41, 5.74) is 5.01. The van der Waals surface area contributed by atoms with Gasteiger partial charge in [0.15, 0.2) is 9.84 Å². The highest BCUT2D eigenvalue weighted by Crippen LogP contribution is 2.13. The second-order valence-electron chi connectivity index (χ2n) is 5.86. The molecule has 1 aliphatic rings. The lowest BCUT2D eigenvalue weighted by atomic mass is 9.97. The van der Waals surface area contributed by atoms with Crippen LogP contribution in [0.25, 0.3) is 0 Å². The van der Waals surface area contributed by atoms with Gasteiger partial charge in [-0.25, -0.2) is 8.42 Å². The Bertz CT molecular complexity index is 406. The topological polar surface area (TPSA) is 92.5 Å². The van der Waals surface area contributed by atoms with E-state index < -0.39 is 15.7 Å². The molecule has 124 valence electrons. The molecule has 0 aromatic carbocycles. The van der Waals surface area contributed by atoms with Crippen LogP contribution in [0.3, 0.4) is 0 Å². The van der Waals surface area contributed by atoms with Crippen LogP contribution in [0.15, 0.2) is 0 Å². The maximum atomic E-state index is 11.9. The molecule has 7 heteroatoms. The standard InChI is InChI=1S/C14H29N3O3S/c1-2-8-17(12-13-3-6-16-7-4-13)9-11-21(19,20)10-5-14(15)18/h13,16H,2-12H2,1H3,(H2,15,18). The molecule has 0 aromatic rings. The first kappa shape index (κ1) is 18.4. The number of nitrogens with one attached hydrogen (secondary N) is 1. The number of carbonyl (C=O) groups is 1. The number of hydrogen-bond acceptors (Lipinski definition) is 5. The Labute approximate surface area is 128 Å². The van der Waals surface area contributed by atoms with Gasteiger partial charge >= 0.3 is 0 Å². The number of hydrogen-bond donors (Lipinski definition) is 2.